The highest BCUT2D eigenvalue weighted by atomic mass is 32.2. The zero-order chi connectivity index (χ0) is 21.8. The van der Waals surface area contributed by atoms with Crippen molar-refractivity contribution < 1.29 is 17.9 Å². The molecule has 1 fully saturated rings. The minimum Gasteiger partial charge on any atom is -0.493 e. The normalized spacial score (nSPS) is 16.9. The van der Waals surface area contributed by atoms with Gasteiger partial charge in [0.15, 0.2) is 0 Å². The first-order valence-corrected chi connectivity index (χ1v) is 12.5. The number of hydrogen-bond donors (Lipinski definition) is 0. The van der Waals surface area contributed by atoms with E-state index in [-0.39, 0.29) is 5.91 Å². The molecule has 0 saturated carbocycles. The average molecular weight is 443 g/mol. The summed E-state index contributed by atoms with van der Waals surface area (Å²) in [5.74, 6) is 0.912. The smallest absolute Gasteiger partial charge is 0.243 e. The third-order valence-electron chi connectivity index (χ3n) is 6.06. The second-order valence-corrected chi connectivity index (χ2v) is 10.2. The number of amides is 1. The van der Waals surface area contributed by atoms with E-state index in [4.69, 9.17) is 4.74 Å². The SMILES string of the molecule is Cc1ccccc1OCCCC(=O)N1CCCc2cc(S(=O)(=O)N3CCCC3)ccc21. The third kappa shape index (κ3) is 4.77. The molecule has 2 aromatic carbocycles. The van der Waals surface area contributed by atoms with Crippen molar-refractivity contribution in [2.75, 3.05) is 31.1 Å². The van der Waals surface area contributed by atoms with E-state index < -0.39 is 10.0 Å². The molecule has 0 unspecified atom stereocenters. The Bertz CT molecular complexity index is 1050. The summed E-state index contributed by atoms with van der Waals surface area (Å²) in [5, 5.41) is 0. The van der Waals surface area contributed by atoms with Gasteiger partial charge in [0.1, 0.15) is 5.75 Å². The predicted molar refractivity (Wildman–Crippen MR) is 121 cm³/mol. The fourth-order valence-corrected chi connectivity index (χ4v) is 5.90. The van der Waals surface area contributed by atoms with Crippen molar-refractivity contribution in [3.8, 4) is 5.75 Å². The van der Waals surface area contributed by atoms with Crippen LogP contribution in [0.2, 0.25) is 0 Å². The monoisotopic (exact) mass is 442 g/mol. The number of carbonyl (C=O) groups excluding carboxylic acids is 1. The molecule has 0 aromatic heterocycles. The van der Waals surface area contributed by atoms with Crippen molar-refractivity contribution in [3.63, 3.8) is 0 Å². The summed E-state index contributed by atoms with van der Waals surface area (Å²) in [6.45, 7) is 4.35. The van der Waals surface area contributed by atoms with Gasteiger partial charge in [-0.2, -0.15) is 4.31 Å². The number of carbonyl (C=O) groups is 1. The van der Waals surface area contributed by atoms with Crippen LogP contribution in [0.3, 0.4) is 0 Å². The number of benzene rings is 2. The molecule has 6 nitrogen and oxygen atoms in total. The molecule has 31 heavy (non-hydrogen) atoms. The fourth-order valence-electron chi connectivity index (χ4n) is 4.33. The van der Waals surface area contributed by atoms with Crippen molar-refractivity contribution in [3.05, 3.63) is 53.6 Å². The molecule has 2 aliphatic heterocycles. The van der Waals surface area contributed by atoms with E-state index in [2.05, 4.69) is 0 Å². The van der Waals surface area contributed by atoms with Gasteiger partial charge in [0.2, 0.25) is 15.9 Å². The maximum atomic E-state index is 12.9. The average Bonchev–Trinajstić information content (AvgIpc) is 3.33. The molecule has 0 atom stereocenters. The molecule has 7 heteroatoms. The number of anilines is 1. The van der Waals surface area contributed by atoms with Gasteiger partial charge >= 0.3 is 0 Å². The Morgan fingerprint density at radius 3 is 2.58 bits per heavy atom. The first-order chi connectivity index (χ1) is 15.0. The van der Waals surface area contributed by atoms with Gasteiger partial charge in [-0.3, -0.25) is 4.79 Å². The highest BCUT2D eigenvalue weighted by Crippen LogP contribution is 2.31. The first kappa shape index (κ1) is 21.8. The van der Waals surface area contributed by atoms with E-state index in [1.165, 1.54) is 0 Å². The Kier molecular flexibility index (Phi) is 6.62. The zero-order valence-corrected chi connectivity index (χ0v) is 18.9. The van der Waals surface area contributed by atoms with Crippen LogP contribution in [0.1, 0.15) is 43.2 Å². The van der Waals surface area contributed by atoms with E-state index in [0.717, 1.165) is 48.2 Å². The second-order valence-electron chi connectivity index (χ2n) is 8.27. The highest BCUT2D eigenvalue weighted by molar-refractivity contribution is 7.89. The minimum absolute atomic E-state index is 0.0597. The molecule has 0 bridgehead atoms. The molecule has 0 spiro atoms. The van der Waals surface area contributed by atoms with Crippen molar-refractivity contribution in [2.45, 2.75) is 50.3 Å². The number of para-hydroxylation sites is 1. The Balaban J connectivity index is 1.39. The van der Waals surface area contributed by atoms with Crippen molar-refractivity contribution in [1.82, 2.24) is 4.31 Å². The molecule has 1 amide bonds. The van der Waals surface area contributed by atoms with Crippen LogP contribution in [0.25, 0.3) is 0 Å². The van der Waals surface area contributed by atoms with Gasteiger partial charge in [0.25, 0.3) is 0 Å². The summed E-state index contributed by atoms with van der Waals surface area (Å²) in [7, 11) is -3.44. The molecule has 4 rings (SSSR count). The summed E-state index contributed by atoms with van der Waals surface area (Å²) < 4.78 is 33.1. The van der Waals surface area contributed by atoms with E-state index in [0.29, 0.717) is 44.0 Å². The van der Waals surface area contributed by atoms with Crippen LogP contribution >= 0.6 is 0 Å². The number of rotatable bonds is 7. The maximum absolute atomic E-state index is 12.9. The third-order valence-corrected chi connectivity index (χ3v) is 7.95. The lowest BCUT2D eigenvalue weighted by Gasteiger charge is -2.30. The van der Waals surface area contributed by atoms with Gasteiger partial charge in [-0.25, -0.2) is 8.42 Å². The number of ether oxygens (including phenoxy) is 1. The van der Waals surface area contributed by atoms with Gasteiger partial charge in [-0.05, 0) is 74.4 Å². The lowest BCUT2D eigenvalue weighted by Crippen LogP contribution is -2.36. The first-order valence-electron chi connectivity index (χ1n) is 11.1. The fraction of sp³-hybridized carbons (Fsp3) is 0.458. The molecule has 166 valence electrons. The van der Waals surface area contributed by atoms with E-state index in [1.54, 1.807) is 27.4 Å². The standard InChI is InChI=1S/C24H30N2O4S/c1-19-8-2-3-10-23(19)30-17-7-11-24(27)26-16-6-9-20-18-21(12-13-22(20)26)31(28,29)25-14-4-5-15-25/h2-3,8,10,12-13,18H,4-7,9,11,14-17H2,1H3. The van der Waals surface area contributed by atoms with Crippen LogP contribution in [0.5, 0.6) is 5.75 Å². The summed E-state index contributed by atoms with van der Waals surface area (Å²) >= 11 is 0. The minimum atomic E-state index is -3.44. The van der Waals surface area contributed by atoms with Crippen LogP contribution < -0.4 is 9.64 Å². The molecular formula is C24H30N2O4S. The van der Waals surface area contributed by atoms with E-state index in [9.17, 15) is 13.2 Å². The molecule has 0 aliphatic carbocycles. The van der Waals surface area contributed by atoms with Crippen molar-refractivity contribution in [2.24, 2.45) is 0 Å². The molecule has 2 aromatic rings. The van der Waals surface area contributed by atoms with Gasteiger partial charge < -0.3 is 9.64 Å². The molecule has 0 radical (unpaired) electrons. The second kappa shape index (κ2) is 9.40. The maximum Gasteiger partial charge on any atom is 0.243 e. The van der Waals surface area contributed by atoms with E-state index in [1.807, 2.05) is 31.2 Å². The van der Waals surface area contributed by atoms with Crippen LogP contribution in [-0.4, -0.2) is 44.9 Å². The molecular weight excluding hydrogens is 412 g/mol. The topological polar surface area (TPSA) is 66.9 Å². The number of nitrogens with zero attached hydrogens (tertiary/aromatic N) is 2. The highest BCUT2D eigenvalue weighted by Gasteiger charge is 2.29. The number of hydrogen-bond acceptors (Lipinski definition) is 4. The van der Waals surface area contributed by atoms with Gasteiger partial charge in [0, 0.05) is 31.7 Å². The molecule has 0 N–H and O–H groups in total. The van der Waals surface area contributed by atoms with Gasteiger partial charge in [-0.1, -0.05) is 18.2 Å². The summed E-state index contributed by atoms with van der Waals surface area (Å²) in [4.78, 5) is 15.0. The predicted octanol–water partition coefficient (Wildman–Crippen LogP) is 3.92. The van der Waals surface area contributed by atoms with Crippen LogP contribution in [0.4, 0.5) is 5.69 Å². The van der Waals surface area contributed by atoms with E-state index >= 15 is 0 Å². The number of aryl methyl sites for hydroxylation is 2. The zero-order valence-electron chi connectivity index (χ0n) is 18.0. The number of fused-ring (bicyclic) bond motifs is 1. The summed E-state index contributed by atoms with van der Waals surface area (Å²) in [5.41, 5.74) is 2.87. The molecule has 2 aliphatic rings. The number of sulfonamides is 1. The van der Waals surface area contributed by atoms with Crippen molar-refractivity contribution >= 4 is 21.6 Å². The van der Waals surface area contributed by atoms with Crippen molar-refractivity contribution in [1.29, 1.82) is 0 Å². The Morgan fingerprint density at radius 2 is 1.81 bits per heavy atom. The van der Waals surface area contributed by atoms with Crippen LogP contribution in [-0.2, 0) is 21.2 Å². The molecule has 2 heterocycles. The lowest BCUT2D eigenvalue weighted by atomic mass is 10.0. The van der Waals surface area contributed by atoms with Gasteiger partial charge in [-0.15, -0.1) is 0 Å². The lowest BCUT2D eigenvalue weighted by molar-refractivity contribution is -0.118. The van der Waals surface area contributed by atoms with Gasteiger partial charge in [0.05, 0.1) is 11.5 Å². The summed E-state index contributed by atoms with van der Waals surface area (Å²) in [6.07, 6.45) is 4.50. The Labute approximate surface area is 184 Å². The Hall–Kier alpha value is -2.38. The van der Waals surface area contributed by atoms with Crippen LogP contribution in [0, 0.1) is 6.92 Å². The molecule has 1 saturated heterocycles. The Morgan fingerprint density at radius 1 is 1.03 bits per heavy atom. The van der Waals surface area contributed by atoms with Crippen LogP contribution in [0.15, 0.2) is 47.4 Å². The summed E-state index contributed by atoms with van der Waals surface area (Å²) in [6, 6.07) is 13.1. The quantitative estimate of drug-likeness (QED) is 0.610. The largest absolute Gasteiger partial charge is 0.493 e.